The number of benzene rings is 3. The zero-order valence-corrected chi connectivity index (χ0v) is 37.2. The Morgan fingerprint density at radius 3 is 2.27 bits per heavy atom. The first-order valence-corrected chi connectivity index (χ1v) is 20.8. The van der Waals surface area contributed by atoms with Crippen LogP contribution < -0.4 is 10.6 Å². The van der Waals surface area contributed by atoms with Crippen LogP contribution in [-0.4, -0.2) is 103 Å². The number of anilines is 2. The first kappa shape index (κ1) is 49.8. The Kier molecular flexibility index (Phi) is 20.9. The topological polar surface area (TPSA) is 167 Å². The number of hydrogen-bond donors (Lipinski definition) is 3. The molecule has 0 spiro atoms. The highest BCUT2D eigenvalue weighted by atomic mass is 35.5. The molecule has 3 aromatic carbocycles. The van der Waals surface area contributed by atoms with E-state index in [0.29, 0.717) is 50.6 Å². The first-order valence-electron chi connectivity index (χ1n) is 19.7. The molecule has 14 nitrogen and oxygen atoms in total. The molecule has 0 saturated heterocycles. The fourth-order valence-corrected chi connectivity index (χ4v) is 7.19. The minimum absolute atomic E-state index is 0.0275. The molecule has 0 aliphatic heterocycles. The molecule has 1 fully saturated rings. The molecule has 1 aliphatic carbocycles. The predicted octanol–water partition coefficient (Wildman–Crippen LogP) is 8.73. The molecule has 0 heterocycles. The number of nitrogens with zero attached hydrogens (tertiary/aromatic N) is 3. The molecule has 3 N–H and O–H groups in total. The van der Waals surface area contributed by atoms with Crippen molar-refractivity contribution in [2.75, 3.05) is 47.0 Å². The van der Waals surface area contributed by atoms with Gasteiger partial charge in [-0.15, -0.1) is 0 Å². The third kappa shape index (κ3) is 15.5. The van der Waals surface area contributed by atoms with Crippen molar-refractivity contribution in [1.29, 1.82) is 0 Å². The summed E-state index contributed by atoms with van der Waals surface area (Å²) < 4.78 is 10.1. The van der Waals surface area contributed by atoms with Gasteiger partial charge < -0.3 is 30.1 Å². The standard InChI is InChI=1S/C26H39ClN4O6.C17H17Cl2NO3/c1-29(2)23(32)14-13-21(25(34)30(3)37-4)28-24(33)22(16-18-9-6-5-7-10-18)31(26(35)36)17-19-11-8-12-20(27)15-19;1-3-22-10-23-17(21)12-6-4-5-7-14(12)20-16-13(18)9-8-11(2)15(16)19/h8,11-12,15,18,21-22H,5-7,9-10,13-14,16-17H2,1-4H3,(H,28,33)(H,35,36);4-9,20H,3,10H2,1-2H3/t21-,22-;/m0./s1. The number of amides is 4. The average Bonchev–Trinajstić information content (AvgIpc) is 3.23. The molecule has 0 bridgehead atoms. The fourth-order valence-electron chi connectivity index (χ4n) is 6.52. The first-order chi connectivity index (χ1) is 28.6. The molecule has 17 heteroatoms. The van der Waals surface area contributed by atoms with E-state index in [-0.39, 0.29) is 38.0 Å². The smallest absolute Gasteiger partial charge is 0.408 e. The lowest BCUT2D eigenvalue weighted by Gasteiger charge is -2.34. The van der Waals surface area contributed by atoms with Crippen molar-refractivity contribution < 1.29 is 43.4 Å². The summed E-state index contributed by atoms with van der Waals surface area (Å²) in [6.45, 7) is 4.06. The summed E-state index contributed by atoms with van der Waals surface area (Å²) in [5.41, 5.74) is 3.03. The number of hydroxylamine groups is 2. The SMILES string of the molecule is CCOCOC(=O)c1ccccc1Nc1c(Cl)ccc(C)c1Cl.CON(C)C(=O)[C@H](CCC(=O)N(C)C)NC(=O)[C@H](CC1CCCCC1)N(Cc1cccc(Cl)c1)C(=O)O. The maximum Gasteiger partial charge on any atom is 0.408 e. The van der Waals surface area contributed by atoms with E-state index in [2.05, 4.69) is 10.6 Å². The number of carboxylic acid groups (broad SMARTS) is 1. The maximum atomic E-state index is 13.7. The molecule has 1 saturated carbocycles. The highest BCUT2D eigenvalue weighted by molar-refractivity contribution is 6.39. The van der Waals surface area contributed by atoms with Gasteiger partial charge >= 0.3 is 12.1 Å². The van der Waals surface area contributed by atoms with Crippen molar-refractivity contribution >= 4 is 76.0 Å². The molecule has 0 unspecified atom stereocenters. The number of hydrogen-bond acceptors (Lipinski definition) is 9. The van der Waals surface area contributed by atoms with E-state index in [0.717, 1.165) is 47.6 Å². The van der Waals surface area contributed by atoms with Crippen molar-refractivity contribution in [3.63, 3.8) is 0 Å². The van der Waals surface area contributed by atoms with Crippen LogP contribution in [0.2, 0.25) is 15.1 Å². The van der Waals surface area contributed by atoms with Gasteiger partial charge in [-0.25, -0.2) is 14.7 Å². The second kappa shape index (κ2) is 25.2. The molecule has 60 heavy (non-hydrogen) atoms. The average molecular weight is 893 g/mol. The molecule has 3 aromatic rings. The summed E-state index contributed by atoms with van der Waals surface area (Å²) >= 11 is 18.6. The third-order valence-electron chi connectivity index (χ3n) is 9.96. The van der Waals surface area contributed by atoms with Gasteiger partial charge in [0.1, 0.15) is 12.1 Å². The Bertz CT molecular complexity index is 1910. The molecule has 0 radical (unpaired) electrons. The van der Waals surface area contributed by atoms with Gasteiger partial charge in [0.05, 0.1) is 34.1 Å². The summed E-state index contributed by atoms with van der Waals surface area (Å²) in [6.07, 6.45) is 4.21. The lowest BCUT2D eigenvalue weighted by atomic mass is 9.84. The van der Waals surface area contributed by atoms with Crippen LogP contribution in [0.3, 0.4) is 0 Å². The number of halogens is 3. The van der Waals surface area contributed by atoms with Gasteiger partial charge in [-0.3, -0.25) is 24.1 Å². The van der Waals surface area contributed by atoms with E-state index in [1.807, 2.05) is 19.9 Å². The van der Waals surface area contributed by atoms with Gasteiger partial charge in [-0.05, 0) is 74.1 Å². The van der Waals surface area contributed by atoms with Crippen LogP contribution in [0.5, 0.6) is 0 Å². The van der Waals surface area contributed by atoms with Gasteiger partial charge in [0.25, 0.3) is 5.91 Å². The lowest BCUT2D eigenvalue weighted by Crippen LogP contribution is -2.55. The number of rotatable bonds is 18. The van der Waals surface area contributed by atoms with E-state index in [9.17, 15) is 29.1 Å². The lowest BCUT2D eigenvalue weighted by molar-refractivity contribution is -0.172. The number of esters is 1. The Morgan fingerprint density at radius 2 is 1.63 bits per heavy atom. The Morgan fingerprint density at radius 1 is 0.933 bits per heavy atom. The number of nitrogens with one attached hydrogen (secondary N) is 2. The second-order valence-corrected chi connectivity index (χ2v) is 15.7. The van der Waals surface area contributed by atoms with Gasteiger partial charge in [0.15, 0.2) is 6.79 Å². The van der Waals surface area contributed by atoms with Crippen LogP contribution in [0, 0.1) is 12.8 Å². The number of ether oxygens (including phenoxy) is 2. The normalized spacial score (nSPS) is 13.5. The predicted molar refractivity (Wildman–Crippen MR) is 232 cm³/mol. The molecule has 4 rings (SSSR count). The number of para-hydroxylation sites is 1. The summed E-state index contributed by atoms with van der Waals surface area (Å²) in [6, 6.07) is 15.3. The number of carbonyl (C=O) groups is 5. The van der Waals surface area contributed by atoms with Crippen molar-refractivity contribution in [2.24, 2.45) is 5.92 Å². The molecule has 2 atom stereocenters. The van der Waals surface area contributed by atoms with Crippen LogP contribution in [-0.2, 0) is 35.2 Å². The molecule has 1 aliphatic rings. The van der Waals surface area contributed by atoms with Crippen LogP contribution in [0.25, 0.3) is 0 Å². The van der Waals surface area contributed by atoms with Crippen LogP contribution in [0.4, 0.5) is 16.2 Å². The second-order valence-electron chi connectivity index (χ2n) is 14.5. The summed E-state index contributed by atoms with van der Waals surface area (Å²) in [5.74, 6) is -1.59. The van der Waals surface area contributed by atoms with Gasteiger partial charge in [-0.1, -0.05) is 97.2 Å². The quantitative estimate of drug-likeness (QED) is 0.0487. The van der Waals surface area contributed by atoms with E-state index in [4.69, 9.17) is 49.1 Å². The molecular weight excluding hydrogens is 837 g/mol. The van der Waals surface area contributed by atoms with Crippen LogP contribution in [0.1, 0.15) is 79.8 Å². The van der Waals surface area contributed by atoms with Crippen LogP contribution >= 0.6 is 34.8 Å². The zero-order valence-electron chi connectivity index (χ0n) is 35.0. The Balaban J connectivity index is 0.000000357. The van der Waals surface area contributed by atoms with Crippen molar-refractivity contribution in [3.05, 3.63) is 92.4 Å². The molecule has 0 aromatic heterocycles. The van der Waals surface area contributed by atoms with Crippen molar-refractivity contribution in [2.45, 2.75) is 83.8 Å². The van der Waals surface area contributed by atoms with E-state index >= 15 is 0 Å². The van der Waals surface area contributed by atoms with Gasteiger partial charge in [-0.2, -0.15) is 0 Å². The fraction of sp³-hybridized carbons (Fsp3) is 0.465. The van der Waals surface area contributed by atoms with Gasteiger partial charge in [0.2, 0.25) is 11.8 Å². The highest BCUT2D eigenvalue weighted by Crippen LogP contribution is 2.36. The van der Waals surface area contributed by atoms with E-state index < -0.39 is 36.0 Å². The molecular formula is C43H56Cl3N5O9. The Labute approximate surface area is 367 Å². The minimum atomic E-state index is -1.24. The van der Waals surface area contributed by atoms with Crippen LogP contribution in [0.15, 0.2) is 60.7 Å². The maximum absolute atomic E-state index is 13.7. The number of carbonyl (C=O) groups excluding carboxylic acids is 4. The number of aryl methyl sites for hydroxylation is 1. The third-order valence-corrected chi connectivity index (χ3v) is 11.0. The van der Waals surface area contributed by atoms with Gasteiger partial charge in [0, 0.05) is 45.7 Å². The summed E-state index contributed by atoms with van der Waals surface area (Å²) in [5, 5.41) is 18.4. The largest absolute Gasteiger partial charge is 0.465 e. The van der Waals surface area contributed by atoms with E-state index in [1.165, 1.54) is 19.1 Å². The highest BCUT2D eigenvalue weighted by Gasteiger charge is 2.36. The van der Waals surface area contributed by atoms with Crippen molar-refractivity contribution in [1.82, 2.24) is 20.2 Å². The van der Waals surface area contributed by atoms with E-state index in [1.54, 1.807) is 68.7 Å². The minimum Gasteiger partial charge on any atom is -0.465 e. The van der Waals surface area contributed by atoms with Crippen molar-refractivity contribution in [3.8, 4) is 0 Å². The Hall–Kier alpha value is -4.60. The summed E-state index contributed by atoms with van der Waals surface area (Å²) in [4.78, 5) is 70.9. The summed E-state index contributed by atoms with van der Waals surface area (Å²) in [7, 11) is 5.96. The molecule has 4 amide bonds. The number of likely N-dealkylation sites (N-methyl/N-ethyl adjacent to an activating group) is 1. The zero-order chi connectivity index (χ0) is 44.4. The molecule has 328 valence electrons. The monoisotopic (exact) mass is 891 g/mol.